The molecule has 1 aromatic rings. The van der Waals surface area contributed by atoms with Crippen molar-refractivity contribution in [2.75, 3.05) is 5.32 Å². The van der Waals surface area contributed by atoms with Crippen molar-refractivity contribution in [2.24, 2.45) is 5.92 Å². The lowest BCUT2D eigenvalue weighted by Crippen LogP contribution is -2.29. The molecule has 92 valence electrons. The van der Waals surface area contributed by atoms with Crippen LogP contribution in [-0.2, 0) is 4.79 Å². The number of rotatable bonds is 3. The van der Waals surface area contributed by atoms with E-state index in [0.717, 1.165) is 31.4 Å². The summed E-state index contributed by atoms with van der Waals surface area (Å²) in [5, 5.41) is 12.4. The first kappa shape index (κ1) is 12.0. The van der Waals surface area contributed by atoms with Crippen molar-refractivity contribution in [3.05, 3.63) is 29.8 Å². The maximum Gasteiger partial charge on any atom is 0.306 e. The molecule has 2 rings (SSSR count). The van der Waals surface area contributed by atoms with Crippen molar-refractivity contribution >= 4 is 11.7 Å². The maximum absolute atomic E-state index is 10.8. The molecule has 0 unspecified atom stereocenters. The summed E-state index contributed by atoms with van der Waals surface area (Å²) in [6.07, 6.45) is 3.48. The SMILES string of the molecule is Cc1cccc(NC2CCC(C(=O)O)CC2)c1. The monoisotopic (exact) mass is 233 g/mol. The molecule has 0 aromatic heterocycles. The fraction of sp³-hybridized carbons (Fsp3) is 0.500. The Kier molecular flexibility index (Phi) is 3.67. The van der Waals surface area contributed by atoms with E-state index in [1.54, 1.807) is 0 Å². The predicted octanol–water partition coefficient (Wildman–Crippen LogP) is 3.05. The molecule has 17 heavy (non-hydrogen) atoms. The number of hydrogen-bond donors (Lipinski definition) is 2. The van der Waals surface area contributed by atoms with Gasteiger partial charge in [-0.3, -0.25) is 4.79 Å². The van der Waals surface area contributed by atoms with Crippen LogP contribution in [0.15, 0.2) is 24.3 Å². The lowest BCUT2D eigenvalue weighted by atomic mass is 9.86. The summed E-state index contributed by atoms with van der Waals surface area (Å²) in [5.41, 5.74) is 2.39. The molecule has 2 N–H and O–H groups in total. The first-order valence-electron chi connectivity index (χ1n) is 6.21. The molecule has 0 amide bonds. The summed E-state index contributed by atoms with van der Waals surface area (Å²) in [6.45, 7) is 2.08. The highest BCUT2D eigenvalue weighted by molar-refractivity contribution is 5.70. The molecule has 0 radical (unpaired) electrons. The van der Waals surface area contributed by atoms with Crippen molar-refractivity contribution in [3.63, 3.8) is 0 Å². The quantitative estimate of drug-likeness (QED) is 0.843. The van der Waals surface area contributed by atoms with E-state index >= 15 is 0 Å². The van der Waals surface area contributed by atoms with Gasteiger partial charge >= 0.3 is 5.97 Å². The van der Waals surface area contributed by atoms with E-state index < -0.39 is 5.97 Å². The number of hydrogen-bond acceptors (Lipinski definition) is 2. The molecule has 0 atom stereocenters. The molecule has 0 spiro atoms. The molecular weight excluding hydrogens is 214 g/mol. The zero-order valence-corrected chi connectivity index (χ0v) is 10.1. The van der Waals surface area contributed by atoms with Gasteiger partial charge < -0.3 is 10.4 Å². The van der Waals surface area contributed by atoms with Gasteiger partial charge in [-0.15, -0.1) is 0 Å². The number of benzene rings is 1. The van der Waals surface area contributed by atoms with Crippen molar-refractivity contribution in [3.8, 4) is 0 Å². The Morgan fingerprint density at radius 3 is 2.59 bits per heavy atom. The minimum Gasteiger partial charge on any atom is -0.481 e. The Labute approximate surface area is 102 Å². The number of carboxylic acids is 1. The van der Waals surface area contributed by atoms with Crippen molar-refractivity contribution in [1.29, 1.82) is 0 Å². The number of aliphatic carboxylic acids is 1. The average molecular weight is 233 g/mol. The number of carboxylic acid groups (broad SMARTS) is 1. The van der Waals surface area contributed by atoms with Crippen LogP contribution < -0.4 is 5.32 Å². The van der Waals surface area contributed by atoms with E-state index in [9.17, 15) is 4.79 Å². The molecule has 1 aliphatic carbocycles. The third-order valence-electron chi connectivity index (χ3n) is 3.47. The normalized spacial score (nSPS) is 24.3. The molecule has 0 bridgehead atoms. The van der Waals surface area contributed by atoms with Gasteiger partial charge in [0, 0.05) is 11.7 Å². The lowest BCUT2D eigenvalue weighted by molar-refractivity contribution is -0.142. The van der Waals surface area contributed by atoms with Gasteiger partial charge in [0.15, 0.2) is 0 Å². The van der Waals surface area contributed by atoms with Gasteiger partial charge in [0.05, 0.1) is 5.92 Å². The van der Waals surface area contributed by atoms with Crippen LogP contribution in [0.4, 0.5) is 5.69 Å². The molecule has 0 aliphatic heterocycles. The standard InChI is InChI=1S/C14H19NO2/c1-10-3-2-4-13(9-10)15-12-7-5-11(6-8-12)14(16)17/h2-4,9,11-12,15H,5-8H2,1H3,(H,16,17). The van der Waals surface area contributed by atoms with Gasteiger partial charge in [-0.25, -0.2) is 0 Å². The first-order chi connectivity index (χ1) is 8.15. The summed E-state index contributed by atoms with van der Waals surface area (Å²) in [5.74, 6) is -0.774. The minimum atomic E-state index is -0.640. The highest BCUT2D eigenvalue weighted by Gasteiger charge is 2.25. The largest absolute Gasteiger partial charge is 0.481 e. The topological polar surface area (TPSA) is 49.3 Å². The van der Waals surface area contributed by atoms with Gasteiger partial charge in [0.2, 0.25) is 0 Å². The number of aryl methyl sites for hydroxylation is 1. The summed E-state index contributed by atoms with van der Waals surface area (Å²) in [4.78, 5) is 10.8. The zero-order valence-electron chi connectivity index (χ0n) is 10.1. The second-order valence-electron chi connectivity index (χ2n) is 4.90. The second kappa shape index (κ2) is 5.21. The Morgan fingerprint density at radius 1 is 1.29 bits per heavy atom. The van der Waals surface area contributed by atoms with E-state index in [2.05, 4.69) is 30.4 Å². The van der Waals surface area contributed by atoms with Crippen LogP contribution in [-0.4, -0.2) is 17.1 Å². The molecule has 3 nitrogen and oxygen atoms in total. The third kappa shape index (κ3) is 3.22. The summed E-state index contributed by atoms with van der Waals surface area (Å²) in [7, 11) is 0. The van der Waals surface area contributed by atoms with Crippen molar-refractivity contribution in [1.82, 2.24) is 0 Å². The molecule has 1 aliphatic rings. The Bertz CT molecular complexity index is 395. The fourth-order valence-corrected chi connectivity index (χ4v) is 2.46. The summed E-state index contributed by atoms with van der Waals surface area (Å²) >= 11 is 0. The van der Waals surface area contributed by atoms with Gasteiger partial charge in [0.25, 0.3) is 0 Å². The third-order valence-corrected chi connectivity index (χ3v) is 3.47. The van der Waals surface area contributed by atoms with E-state index in [4.69, 9.17) is 5.11 Å². The smallest absolute Gasteiger partial charge is 0.306 e. The van der Waals surface area contributed by atoms with Crippen LogP contribution in [0, 0.1) is 12.8 Å². The molecule has 1 fully saturated rings. The highest BCUT2D eigenvalue weighted by Crippen LogP contribution is 2.26. The van der Waals surface area contributed by atoms with Crippen LogP contribution in [0.25, 0.3) is 0 Å². The van der Waals surface area contributed by atoms with Crippen molar-refractivity contribution in [2.45, 2.75) is 38.6 Å². The van der Waals surface area contributed by atoms with Gasteiger partial charge in [-0.1, -0.05) is 12.1 Å². The van der Waals surface area contributed by atoms with Crippen LogP contribution in [0.2, 0.25) is 0 Å². The van der Waals surface area contributed by atoms with Crippen LogP contribution >= 0.6 is 0 Å². The highest BCUT2D eigenvalue weighted by atomic mass is 16.4. The van der Waals surface area contributed by atoms with E-state index in [0.29, 0.717) is 6.04 Å². The molecule has 0 heterocycles. The van der Waals surface area contributed by atoms with Gasteiger partial charge in [-0.2, -0.15) is 0 Å². The molecule has 1 aromatic carbocycles. The molecule has 3 heteroatoms. The second-order valence-corrected chi connectivity index (χ2v) is 4.90. The fourth-order valence-electron chi connectivity index (χ4n) is 2.46. The van der Waals surface area contributed by atoms with Crippen LogP contribution in [0.1, 0.15) is 31.2 Å². The van der Waals surface area contributed by atoms with Crippen LogP contribution in [0.5, 0.6) is 0 Å². The first-order valence-corrected chi connectivity index (χ1v) is 6.21. The number of carbonyl (C=O) groups is 1. The van der Waals surface area contributed by atoms with Gasteiger partial charge in [0.1, 0.15) is 0 Å². The number of nitrogens with one attached hydrogen (secondary N) is 1. The molecule has 1 saturated carbocycles. The van der Waals surface area contributed by atoms with Gasteiger partial charge in [-0.05, 0) is 50.3 Å². The average Bonchev–Trinajstić information content (AvgIpc) is 2.29. The lowest BCUT2D eigenvalue weighted by Gasteiger charge is -2.27. The van der Waals surface area contributed by atoms with E-state index in [1.165, 1.54) is 5.56 Å². The Hall–Kier alpha value is -1.51. The van der Waals surface area contributed by atoms with E-state index in [1.807, 2.05) is 6.07 Å². The van der Waals surface area contributed by atoms with Crippen LogP contribution in [0.3, 0.4) is 0 Å². The maximum atomic E-state index is 10.8. The zero-order chi connectivity index (χ0) is 12.3. The molecule has 0 saturated heterocycles. The number of anilines is 1. The molecular formula is C14H19NO2. The van der Waals surface area contributed by atoms with Crippen molar-refractivity contribution < 1.29 is 9.90 Å². The van der Waals surface area contributed by atoms with E-state index in [-0.39, 0.29) is 5.92 Å². The summed E-state index contributed by atoms with van der Waals surface area (Å²) < 4.78 is 0. The Morgan fingerprint density at radius 2 is 2.00 bits per heavy atom. The Balaban J connectivity index is 1.88. The summed E-state index contributed by atoms with van der Waals surface area (Å²) in [6, 6.07) is 8.74. The minimum absolute atomic E-state index is 0.134. The predicted molar refractivity (Wildman–Crippen MR) is 68.2 cm³/mol.